The predicted octanol–water partition coefficient (Wildman–Crippen LogP) is 5.52. The number of carbonyl (C=O) groups excluding carboxylic acids is 2. The van der Waals surface area contributed by atoms with Gasteiger partial charge in [-0.1, -0.05) is 31.2 Å². The molecule has 10 heteroatoms. The summed E-state index contributed by atoms with van der Waals surface area (Å²) >= 11 is 0. The monoisotopic (exact) mass is 613 g/mol. The van der Waals surface area contributed by atoms with Gasteiger partial charge in [0.05, 0.1) is 12.2 Å². The third-order valence-electron chi connectivity index (χ3n) is 8.65. The number of piperidine rings is 1. The van der Waals surface area contributed by atoms with Gasteiger partial charge in [-0.05, 0) is 67.7 Å². The zero-order valence-electron chi connectivity index (χ0n) is 26.0. The van der Waals surface area contributed by atoms with Crippen molar-refractivity contribution < 1.29 is 23.5 Å². The largest absolute Gasteiger partial charge is 0.490 e. The molecule has 2 aliphatic heterocycles. The number of aromatic nitrogens is 1. The Morgan fingerprint density at radius 1 is 1.07 bits per heavy atom. The Morgan fingerprint density at radius 3 is 2.58 bits per heavy atom. The third-order valence-corrected chi connectivity index (χ3v) is 8.65. The van der Waals surface area contributed by atoms with Crippen LogP contribution in [-0.2, 0) is 11.3 Å². The average Bonchev–Trinajstić information content (AvgIpc) is 3.48. The highest BCUT2D eigenvalue weighted by Crippen LogP contribution is 2.35. The molecule has 0 aliphatic carbocycles. The SMILES string of the molecule is C[C@H](c1c[nH]c2ccccc12)[C@@H](NC(=O)N1CCC(Oc2ccc(F)cc2)CC1)C(=O)N1CCOc2ccc(CN(C)C)cc21. The lowest BCUT2D eigenvalue weighted by molar-refractivity contribution is -0.121. The van der Waals surface area contributed by atoms with Crippen molar-refractivity contribution in [1.29, 1.82) is 0 Å². The van der Waals surface area contributed by atoms with Gasteiger partial charge < -0.3 is 34.5 Å². The van der Waals surface area contributed by atoms with Gasteiger partial charge in [-0.25, -0.2) is 9.18 Å². The number of H-pyrrole nitrogens is 1. The molecule has 3 amide bonds. The van der Waals surface area contributed by atoms with Gasteiger partial charge in [-0.3, -0.25) is 4.79 Å². The second kappa shape index (κ2) is 13.2. The summed E-state index contributed by atoms with van der Waals surface area (Å²) in [5, 5.41) is 4.16. The Bertz CT molecular complexity index is 1650. The Balaban J connectivity index is 1.23. The average molecular weight is 614 g/mol. The number of halogens is 1. The van der Waals surface area contributed by atoms with E-state index in [9.17, 15) is 14.0 Å². The highest BCUT2D eigenvalue weighted by atomic mass is 19.1. The molecule has 0 bridgehead atoms. The van der Waals surface area contributed by atoms with E-state index in [1.807, 2.05) is 69.7 Å². The lowest BCUT2D eigenvalue weighted by Crippen LogP contribution is -2.56. The molecule has 3 aromatic carbocycles. The summed E-state index contributed by atoms with van der Waals surface area (Å²) < 4.78 is 25.3. The zero-order chi connectivity index (χ0) is 31.5. The molecule has 45 heavy (non-hydrogen) atoms. The van der Waals surface area contributed by atoms with Crippen molar-refractivity contribution >= 4 is 28.5 Å². The number of hydrogen-bond acceptors (Lipinski definition) is 5. The molecule has 1 aromatic heterocycles. The van der Waals surface area contributed by atoms with E-state index in [1.54, 1.807) is 21.9 Å². The van der Waals surface area contributed by atoms with E-state index >= 15 is 0 Å². The van der Waals surface area contributed by atoms with Crippen molar-refractivity contribution in [2.45, 2.75) is 44.4 Å². The Morgan fingerprint density at radius 2 is 1.82 bits per heavy atom. The van der Waals surface area contributed by atoms with Crippen LogP contribution in [0, 0.1) is 5.82 Å². The summed E-state index contributed by atoms with van der Waals surface area (Å²) in [6, 6.07) is 18.8. The number of rotatable bonds is 8. The van der Waals surface area contributed by atoms with Crippen molar-refractivity contribution in [3.8, 4) is 11.5 Å². The molecule has 9 nitrogen and oxygen atoms in total. The van der Waals surface area contributed by atoms with Gasteiger partial charge in [0.2, 0.25) is 5.91 Å². The number of hydrogen-bond donors (Lipinski definition) is 2. The molecule has 236 valence electrons. The lowest BCUT2D eigenvalue weighted by Gasteiger charge is -2.37. The summed E-state index contributed by atoms with van der Waals surface area (Å²) in [6.45, 7) is 4.43. The van der Waals surface area contributed by atoms with Crippen LogP contribution in [0.15, 0.2) is 72.9 Å². The zero-order valence-corrected chi connectivity index (χ0v) is 26.0. The molecular formula is C35H40FN5O4. The number of urea groups is 1. The molecule has 4 aromatic rings. The number of nitrogens with zero attached hydrogens (tertiary/aromatic N) is 3. The first-order chi connectivity index (χ1) is 21.8. The fraction of sp³-hybridized carbons (Fsp3) is 0.371. The van der Waals surface area contributed by atoms with Crippen molar-refractivity contribution in [2.24, 2.45) is 0 Å². The molecule has 1 saturated heterocycles. The van der Waals surface area contributed by atoms with E-state index in [4.69, 9.17) is 9.47 Å². The Kier molecular flexibility index (Phi) is 8.93. The van der Waals surface area contributed by atoms with Crippen molar-refractivity contribution in [3.05, 3.63) is 89.9 Å². The highest BCUT2D eigenvalue weighted by molar-refractivity contribution is 6.01. The molecule has 2 aliphatic rings. The number of nitrogens with one attached hydrogen (secondary N) is 2. The molecule has 3 heterocycles. The Labute approximate surface area is 262 Å². The topological polar surface area (TPSA) is 90.1 Å². The van der Waals surface area contributed by atoms with Crippen LogP contribution in [0.3, 0.4) is 0 Å². The molecular weight excluding hydrogens is 573 g/mol. The van der Waals surface area contributed by atoms with E-state index in [0.717, 1.165) is 34.3 Å². The fourth-order valence-corrected chi connectivity index (χ4v) is 6.28. The van der Waals surface area contributed by atoms with E-state index < -0.39 is 6.04 Å². The standard InChI is InChI=1S/C35H40FN5O4/c1-23(29-21-37-30-7-5-4-6-28(29)30)33(34(42)41-18-19-44-32-13-8-24(20-31(32)41)22-39(2)3)38-35(43)40-16-14-27(15-17-40)45-26-11-9-25(36)10-12-26/h4-13,20-21,23,27,33,37H,14-19,22H2,1-3H3,(H,38,43)/t23-,33-/m1/s1. The van der Waals surface area contributed by atoms with Crippen LogP contribution in [0.25, 0.3) is 10.9 Å². The van der Waals surface area contributed by atoms with Crippen LogP contribution >= 0.6 is 0 Å². The molecule has 0 unspecified atom stereocenters. The lowest BCUT2D eigenvalue weighted by atomic mass is 9.91. The van der Waals surface area contributed by atoms with Gasteiger partial charge in [-0.15, -0.1) is 0 Å². The van der Waals surface area contributed by atoms with E-state index in [2.05, 4.69) is 15.2 Å². The first-order valence-corrected chi connectivity index (χ1v) is 15.5. The van der Waals surface area contributed by atoms with Crippen molar-refractivity contribution in [2.75, 3.05) is 45.2 Å². The summed E-state index contributed by atoms with van der Waals surface area (Å²) in [7, 11) is 4.01. The molecule has 0 saturated carbocycles. The van der Waals surface area contributed by atoms with Crippen molar-refractivity contribution in [3.63, 3.8) is 0 Å². The van der Waals surface area contributed by atoms with Crippen LogP contribution in [-0.4, -0.2) is 79.2 Å². The smallest absolute Gasteiger partial charge is 0.318 e. The van der Waals surface area contributed by atoms with E-state index in [1.165, 1.54) is 12.1 Å². The van der Waals surface area contributed by atoms with Crippen LogP contribution in [0.1, 0.15) is 36.8 Å². The molecule has 0 spiro atoms. The van der Waals surface area contributed by atoms with Crippen LogP contribution < -0.4 is 19.7 Å². The summed E-state index contributed by atoms with van der Waals surface area (Å²) in [5.41, 5.74) is 3.73. The second-order valence-corrected chi connectivity index (χ2v) is 12.1. The number of carbonyl (C=O) groups is 2. The quantitative estimate of drug-likeness (QED) is 0.273. The maximum absolute atomic E-state index is 14.5. The maximum Gasteiger partial charge on any atom is 0.318 e. The number of para-hydroxylation sites is 1. The maximum atomic E-state index is 14.5. The van der Waals surface area contributed by atoms with Gasteiger partial charge in [0, 0.05) is 55.5 Å². The number of anilines is 1. The first kappa shape index (κ1) is 30.5. The number of aromatic amines is 1. The summed E-state index contributed by atoms with van der Waals surface area (Å²) in [6.07, 6.45) is 3.12. The summed E-state index contributed by atoms with van der Waals surface area (Å²) in [4.78, 5) is 37.2. The molecule has 1 fully saturated rings. The van der Waals surface area contributed by atoms with Crippen LogP contribution in [0.2, 0.25) is 0 Å². The normalized spacial score (nSPS) is 16.6. The van der Waals surface area contributed by atoms with Crippen LogP contribution in [0.5, 0.6) is 11.5 Å². The van der Waals surface area contributed by atoms with Crippen LogP contribution in [0.4, 0.5) is 14.9 Å². The fourth-order valence-electron chi connectivity index (χ4n) is 6.28. The number of benzene rings is 3. The number of likely N-dealkylation sites (tertiary alicyclic amines) is 1. The van der Waals surface area contributed by atoms with Gasteiger partial charge in [0.1, 0.15) is 36.1 Å². The molecule has 6 rings (SSSR count). The van der Waals surface area contributed by atoms with Gasteiger partial charge >= 0.3 is 6.03 Å². The van der Waals surface area contributed by atoms with Crippen molar-refractivity contribution in [1.82, 2.24) is 20.1 Å². The number of ether oxygens (including phenoxy) is 2. The minimum atomic E-state index is -0.826. The van der Waals surface area contributed by atoms with E-state index in [0.29, 0.717) is 50.6 Å². The number of amides is 3. The van der Waals surface area contributed by atoms with Gasteiger partial charge in [0.15, 0.2) is 0 Å². The predicted molar refractivity (Wildman–Crippen MR) is 172 cm³/mol. The third kappa shape index (κ3) is 6.76. The summed E-state index contributed by atoms with van der Waals surface area (Å²) in [5.74, 6) is 0.451. The minimum Gasteiger partial charge on any atom is -0.490 e. The van der Waals surface area contributed by atoms with E-state index in [-0.39, 0.29) is 29.8 Å². The van der Waals surface area contributed by atoms with Gasteiger partial charge in [-0.2, -0.15) is 0 Å². The highest BCUT2D eigenvalue weighted by Gasteiger charge is 2.37. The molecule has 2 N–H and O–H groups in total. The molecule has 2 atom stereocenters. The number of fused-ring (bicyclic) bond motifs is 2. The minimum absolute atomic E-state index is 0.0803. The second-order valence-electron chi connectivity index (χ2n) is 12.1. The first-order valence-electron chi connectivity index (χ1n) is 15.5. The Hall–Kier alpha value is -4.57. The van der Waals surface area contributed by atoms with Gasteiger partial charge in [0.25, 0.3) is 0 Å². The molecule has 0 radical (unpaired) electrons.